The molecule has 2 N–H and O–H groups in total. The van der Waals surface area contributed by atoms with E-state index in [1.807, 2.05) is 27.7 Å². The van der Waals surface area contributed by atoms with E-state index < -0.39 is 0 Å². The zero-order valence-corrected chi connectivity index (χ0v) is 13.8. The molecule has 2 atom stereocenters. The second-order valence-electron chi connectivity index (χ2n) is 6.16. The lowest BCUT2D eigenvalue weighted by molar-refractivity contribution is -0.128. The SMILES string of the molecule is C.CC(C)C1C(=O)N(C)C(=O)N1C.CC(C)C1NC(=O)NC1=O. The van der Waals surface area contributed by atoms with Crippen molar-refractivity contribution in [3.05, 3.63) is 0 Å². The second-order valence-corrected chi connectivity index (χ2v) is 6.16. The molecule has 6 amide bonds. The minimum absolute atomic E-state index is 0. The summed E-state index contributed by atoms with van der Waals surface area (Å²) in [6.07, 6.45) is 0. The molecule has 23 heavy (non-hydrogen) atoms. The van der Waals surface area contributed by atoms with Crippen LogP contribution in [0.3, 0.4) is 0 Å². The highest BCUT2D eigenvalue weighted by Crippen LogP contribution is 2.19. The maximum atomic E-state index is 11.4. The Morgan fingerprint density at radius 1 is 0.957 bits per heavy atom. The fourth-order valence-corrected chi connectivity index (χ4v) is 2.45. The van der Waals surface area contributed by atoms with Gasteiger partial charge in [-0.25, -0.2) is 9.59 Å². The lowest BCUT2D eigenvalue weighted by Gasteiger charge is -2.19. The molecule has 0 spiro atoms. The van der Waals surface area contributed by atoms with Crippen molar-refractivity contribution in [2.45, 2.75) is 47.2 Å². The first-order valence-corrected chi connectivity index (χ1v) is 7.23. The number of nitrogens with one attached hydrogen (secondary N) is 2. The standard InChI is InChI=1S/C8H14N2O2.C6H10N2O2.CH4/c1-5(2)6-7(11)10(4)8(12)9(6)3;1-3(2)4-5(9)8-6(10)7-4;/h5-6H,1-4H3;3-4H,1-2H3,(H2,7,8,9,10);1H4. The number of rotatable bonds is 2. The third-order valence-corrected chi connectivity index (χ3v) is 3.69. The molecular formula is C15H28N4O4. The zero-order chi connectivity index (χ0) is 17.2. The normalized spacial score (nSPS) is 23.7. The topological polar surface area (TPSA) is 98.8 Å². The van der Waals surface area contributed by atoms with E-state index in [0.717, 1.165) is 0 Å². The van der Waals surface area contributed by atoms with E-state index in [1.165, 1.54) is 16.8 Å². The van der Waals surface area contributed by atoms with Gasteiger partial charge in [-0.1, -0.05) is 35.1 Å². The van der Waals surface area contributed by atoms with Crippen molar-refractivity contribution < 1.29 is 19.2 Å². The summed E-state index contributed by atoms with van der Waals surface area (Å²) in [6, 6.07) is -1.21. The van der Waals surface area contributed by atoms with Crippen molar-refractivity contribution in [1.29, 1.82) is 0 Å². The highest BCUT2D eigenvalue weighted by Gasteiger charge is 2.42. The molecule has 8 heteroatoms. The Balaban J connectivity index is 0.000000409. The predicted molar refractivity (Wildman–Crippen MR) is 86.6 cm³/mol. The average Bonchev–Trinajstić information content (AvgIpc) is 2.84. The molecule has 0 aromatic carbocycles. The Bertz CT molecular complexity index is 490. The fourth-order valence-electron chi connectivity index (χ4n) is 2.45. The molecule has 132 valence electrons. The maximum Gasteiger partial charge on any atom is 0.326 e. The minimum Gasteiger partial charge on any atom is -0.326 e. The van der Waals surface area contributed by atoms with Gasteiger partial charge in [-0.2, -0.15) is 0 Å². The van der Waals surface area contributed by atoms with E-state index in [4.69, 9.17) is 0 Å². The molecule has 0 aliphatic carbocycles. The number of imide groups is 2. The number of amides is 6. The van der Waals surface area contributed by atoms with Gasteiger partial charge < -0.3 is 10.2 Å². The second kappa shape index (κ2) is 7.94. The van der Waals surface area contributed by atoms with Crippen LogP contribution in [0.2, 0.25) is 0 Å². The summed E-state index contributed by atoms with van der Waals surface area (Å²) >= 11 is 0. The third-order valence-electron chi connectivity index (χ3n) is 3.69. The van der Waals surface area contributed by atoms with E-state index in [2.05, 4.69) is 10.6 Å². The molecule has 8 nitrogen and oxygen atoms in total. The van der Waals surface area contributed by atoms with Gasteiger partial charge in [0.1, 0.15) is 12.1 Å². The van der Waals surface area contributed by atoms with Crippen molar-refractivity contribution in [3.8, 4) is 0 Å². The zero-order valence-electron chi connectivity index (χ0n) is 13.8. The largest absolute Gasteiger partial charge is 0.326 e. The molecule has 2 fully saturated rings. The first kappa shape index (κ1) is 20.9. The van der Waals surface area contributed by atoms with Gasteiger partial charge in [0.05, 0.1) is 0 Å². The molecule has 2 aliphatic rings. The number of hydrogen-bond acceptors (Lipinski definition) is 4. The van der Waals surface area contributed by atoms with Crippen LogP contribution in [0.25, 0.3) is 0 Å². The Hall–Kier alpha value is -2.12. The van der Waals surface area contributed by atoms with Gasteiger partial charge in [0.2, 0.25) is 0 Å². The lowest BCUT2D eigenvalue weighted by Crippen LogP contribution is -2.35. The molecule has 0 aromatic rings. The van der Waals surface area contributed by atoms with Gasteiger partial charge in [-0.3, -0.25) is 19.8 Å². The number of urea groups is 2. The molecule has 2 heterocycles. The van der Waals surface area contributed by atoms with Crippen LogP contribution in [0.1, 0.15) is 35.1 Å². The number of likely N-dealkylation sites (N-methyl/N-ethyl adjacent to an activating group) is 2. The molecule has 0 saturated carbocycles. The number of nitrogens with zero attached hydrogens (tertiary/aromatic N) is 2. The molecule has 0 aromatic heterocycles. The minimum atomic E-state index is -0.385. The summed E-state index contributed by atoms with van der Waals surface area (Å²) in [6.45, 7) is 7.64. The summed E-state index contributed by atoms with van der Waals surface area (Å²) in [4.78, 5) is 46.7. The van der Waals surface area contributed by atoms with Crippen LogP contribution < -0.4 is 10.6 Å². The average molecular weight is 328 g/mol. The van der Waals surface area contributed by atoms with E-state index >= 15 is 0 Å². The predicted octanol–water partition coefficient (Wildman–Crippen LogP) is 1.02. The van der Waals surface area contributed by atoms with Crippen LogP contribution >= 0.6 is 0 Å². The Kier molecular flexibility index (Phi) is 7.21. The highest BCUT2D eigenvalue weighted by molar-refractivity contribution is 6.04. The van der Waals surface area contributed by atoms with Gasteiger partial charge in [-0.15, -0.1) is 0 Å². The molecule has 0 radical (unpaired) electrons. The number of carbonyl (C=O) groups excluding carboxylic acids is 4. The molecule has 2 saturated heterocycles. The summed E-state index contributed by atoms with van der Waals surface area (Å²) in [5.41, 5.74) is 0. The van der Waals surface area contributed by atoms with Crippen molar-refractivity contribution in [2.75, 3.05) is 14.1 Å². The Morgan fingerprint density at radius 2 is 1.48 bits per heavy atom. The van der Waals surface area contributed by atoms with Crippen LogP contribution in [0.15, 0.2) is 0 Å². The molecule has 2 aliphatic heterocycles. The first-order chi connectivity index (χ1) is 10.1. The summed E-state index contributed by atoms with van der Waals surface area (Å²) in [7, 11) is 3.18. The van der Waals surface area contributed by atoms with Crippen molar-refractivity contribution >= 4 is 23.9 Å². The van der Waals surface area contributed by atoms with Crippen LogP contribution in [0, 0.1) is 11.8 Å². The van der Waals surface area contributed by atoms with Crippen molar-refractivity contribution in [2.24, 2.45) is 11.8 Å². The van der Waals surface area contributed by atoms with Crippen LogP contribution in [-0.4, -0.2) is 59.9 Å². The van der Waals surface area contributed by atoms with Crippen molar-refractivity contribution in [1.82, 2.24) is 20.4 Å². The first-order valence-electron chi connectivity index (χ1n) is 7.23. The van der Waals surface area contributed by atoms with E-state index in [1.54, 1.807) is 7.05 Å². The molecule has 0 bridgehead atoms. The van der Waals surface area contributed by atoms with E-state index in [-0.39, 0.29) is 55.2 Å². The highest BCUT2D eigenvalue weighted by atomic mass is 16.2. The van der Waals surface area contributed by atoms with E-state index in [9.17, 15) is 19.2 Å². The van der Waals surface area contributed by atoms with Crippen molar-refractivity contribution in [3.63, 3.8) is 0 Å². The van der Waals surface area contributed by atoms with E-state index in [0.29, 0.717) is 0 Å². The van der Waals surface area contributed by atoms with Crippen LogP contribution in [-0.2, 0) is 9.59 Å². The third kappa shape index (κ3) is 4.43. The smallest absolute Gasteiger partial charge is 0.326 e. The van der Waals surface area contributed by atoms with Crippen LogP contribution in [0.5, 0.6) is 0 Å². The number of carbonyl (C=O) groups is 4. The van der Waals surface area contributed by atoms with Gasteiger partial charge in [-0.05, 0) is 11.8 Å². The summed E-state index contributed by atoms with van der Waals surface area (Å²) in [5.74, 6) is 0.0142. The fraction of sp³-hybridized carbons (Fsp3) is 0.733. The monoisotopic (exact) mass is 328 g/mol. The maximum absolute atomic E-state index is 11.4. The summed E-state index contributed by atoms with van der Waals surface area (Å²) < 4.78 is 0. The quantitative estimate of drug-likeness (QED) is 0.739. The van der Waals surface area contributed by atoms with Gasteiger partial charge >= 0.3 is 12.1 Å². The van der Waals surface area contributed by atoms with Gasteiger partial charge in [0.25, 0.3) is 11.8 Å². The van der Waals surface area contributed by atoms with Gasteiger partial charge in [0, 0.05) is 14.1 Å². The number of hydrogen-bond donors (Lipinski definition) is 2. The van der Waals surface area contributed by atoms with Gasteiger partial charge in [0.15, 0.2) is 0 Å². The Labute approximate surface area is 137 Å². The summed E-state index contributed by atoms with van der Waals surface area (Å²) in [5, 5.41) is 4.66. The lowest BCUT2D eigenvalue weighted by atomic mass is 10.0. The molecule has 2 rings (SSSR count). The Morgan fingerprint density at radius 3 is 1.65 bits per heavy atom. The molecular weight excluding hydrogens is 300 g/mol. The van der Waals surface area contributed by atoms with Crippen LogP contribution in [0.4, 0.5) is 9.59 Å². The molecule has 2 unspecified atom stereocenters.